The predicted octanol–water partition coefficient (Wildman–Crippen LogP) is 10.00. The molecule has 1 rings (SSSR count). The molecule has 6 nitrogen and oxygen atoms in total. The summed E-state index contributed by atoms with van der Waals surface area (Å²) in [6.45, 7) is -0.756. The summed E-state index contributed by atoms with van der Waals surface area (Å²) in [5.41, 5.74) is 0. The SMILES string of the molecule is CCCCN[P@]1(Cl)=NP(Cl)(Cl)=N[P@@](Cl)(NCCCC)=NP(Cl)(Cl)=N1. The van der Waals surface area contributed by atoms with Crippen LogP contribution in [0.4, 0.5) is 0 Å². The normalized spacial score (nSPS) is 31.7. The minimum atomic E-state index is -3.19. The van der Waals surface area contributed by atoms with Crippen LogP contribution >= 0.6 is 92.7 Å². The summed E-state index contributed by atoms with van der Waals surface area (Å²) in [6, 6.07) is 0. The smallest absolute Gasteiger partial charge is 0.253 e. The van der Waals surface area contributed by atoms with Crippen LogP contribution in [0.5, 0.6) is 0 Å². The van der Waals surface area contributed by atoms with Crippen molar-refractivity contribution in [1.29, 1.82) is 0 Å². The molecule has 0 saturated heterocycles. The van der Waals surface area contributed by atoms with Gasteiger partial charge in [-0.25, -0.2) is 0 Å². The van der Waals surface area contributed by atoms with E-state index in [-0.39, 0.29) is 0 Å². The largest absolute Gasteiger partial charge is 0.257 e. The molecule has 0 amide bonds. The monoisotopic (exact) mass is 534 g/mol. The number of nitrogens with one attached hydrogen (secondary N) is 2. The van der Waals surface area contributed by atoms with E-state index < -0.39 is 25.2 Å². The highest BCUT2D eigenvalue weighted by atomic mass is 35.9. The summed E-state index contributed by atoms with van der Waals surface area (Å²) >= 11 is 38.2. The molecule has 2 atom stereocenters. The highest BCUT2D eigenvalue weighted by molar-refractivity contribution is 8.19. The van der Waals surface area contributed by atoms with Crippen molar-refractivity contribution in [2.75, 3.05) is 13.1 Å². The van der Waals surface area contributed by atoms with Crippen LogP contribution < -0.4 is 10.2 Å². The van der Waals surface area contributed by atoms with Crippen LogP contribution in [-0.4, -0.2) is 13.1 Å². The van der Waals surface area contributed by atoms with Crippen molar-refractivity contribution < 1.29 is 0 Å². The number of hydrogen-bond acceptors (Lipinski definition) is 6. The second-order valence-electron chi connectivity index (χ2n) is 4.84. The zero-order valence-corrected chi connectivity index (χ0v) is 21.2. The minimum absolute atomic E-state index is 0.582. The second-order valence-corrected chi connectivity index (χ2v) is 21.8. The van der Waals surface area contributed by atoms with Crippen LogP contribution in [0, 0.1) is 0 Å². The Bertz CT molecular complexity index is 597. The summed E-state index contributed by atoms with van der Waals surface area (Å²) in [6.07, 6.45) is 3.70. The number of hydrogen-bond donors (Lipinski definition) is 2. The molecule has 0 spiro atoms. The Morgan fingerprint density at radius 2 is 0.958 bits per heavy atom. The summed E-state index contributed by atoms with van der Waals surface area (Å²) in [5.74, 6) is -6.37. The molecule has 144 valence electrons. The Morgan fingerprint density at radius 3 is 1.25 bits per heavy atom. The van der Waals surface area contributed by atoms with Crippen molar-refractivity contribution in [2.45, 2.75) is 39.5 Å². The lowest BCUT2D eigenvalue weighted by atomic mass is 10.3. The van der Waals surface area contributed by atoms with Gasteiger partial charge in [0.05, 0.1) is 0 Å². The van der Waals surface area contributed by atoms with Crippen LogP contribution in [0.2, 0.25) is 0 Å². The molecule has 24 heavy (non-hydrogen) atoms. The first-order chi connectivity index (χ1) is 10.9. The van der Waals surface area contributed by atoms with Crippen LogP contribution in [-0.2, 0) is 0 Å². The molecule has 0 saturated carbocycles. The number of halogens is 6. The maximum absolute atomic E-state index is 6.49. The maximum Gasteiger partial charge on any atom is 0.257 e. The van der Waals surface area contributed by atoms with E-state index in [9.17, 15) is 0 Å². The van der Waals surface area contributed by atoms with Gasteiger partial charge in [-0.15, -0.1) is 0 Å². The highest BCUT2D eigenvalue weighted by Crippen LogP contribution is 2.84. The minimum Gasteiger partial charge on any atom is -0.253 e. The van der Waals surface area contributed by atoms with E-state index in [1.54, 1.807) is 0 Å². The molecule has 0 radical (unpaired) electrons. The lowest BCUT2D eigenvalue weighted by Gasteiger charge is -2.23. The fraction of sp³-hybridized carbons (Fsp3) is 1.00. The zero-order chi connectivity index (χ0) is 18.5. The van der Waals surface area contributed by atoms with Gasteiger partial charge in [-0.1, -0.05) is 26.7 Å². The van der Waals surface area contributed by atoms with Gasteiger partial charge < -0.3 is 0 Å². The third-order valence-corrected chi connectivity index (χ3v) is 19.1. The number of unbranched alkanes of at least 4 members (excludes halogenated alkanes) is 2. The van der Waals surface area contributed by atoms with Crippen LogP contribution in [0.25, 0.3) is 0 Å². The summed E-state index contributed by atoms with van der Waals surface area (Å²) in [4.78, 5) is 0. The van der Waals surface area contributed by atoms with E-state index in [1.807, 2.05) is 13.8 Å². The predicted molar refractivity (Wildman–Crippen MR) is 118 cm³/mol. The van der Waals surface area contributed by atoms with E-state index in [1.165, 1.54) is 0 Å². The van der Waals surface area contributed by atoms with Crippen LogP contribution in [0.3, 0.4) is 0 Å². The standard InChI is InChI=1S/C8H20Cl6N6P4/c1-3-5-7-15-23(13)17-21(9,10)19-24(14,16-8-6-4-2)20-22(11,12)18-23/h15-16H,3-8H2,1-2H3/t23-,24-. The van der Waals surface area contributed by atoms with E-state index in [2.05, 4.69) is 28.2 Å². The first-order valence-electron chi connectivity index (χ1n) is 7.18. The Balaban J connectivity index is 3.33. The molecule has 0 bridgehead atoms. The van der Waals surface area contributed by atoms with Gasteiger partial charge in [-0.2, -0.15) is 18.1 Å². The molecular weight excluding hydrogens is 517 g/mol. The quantitative estimate of drug-likeness (QED) is 0.239. The van der Waals surface area contributed by atoms with Gasteiger partial charge in [-0.05, 0) is 80.3 Å². The van der Waals surface area contributed by atoms with Gasteiger partial charge in [0, 0.05) is 13.1 Å². The third kappa shape index (κ3) is 9.18. The summed E-state index contributed by atoms with van der Waals surface area (Å²) < 4.78 is 17.1. The highest BCUT2D eigenvalue weighted by Gasteiger charge is 2.32. The molecule has 2 N–H and O–H groups in total. The molecule has 0 aromatic rings. The van der Waals surface area contributed by atoms with Crippen LogP contribution in [0.1, 0.15) is 39.5 Å². The van der Waals surface area contributed by atoms with Crippen molar-refractivity contribution >= 4 is 92.7 Å². The fourth-order valence-corrected chi connectivity index (χ4v) is 23.5. The molecule has 0 aromatic carbocycles. The van der Waals surface area contributed by atoms with Gasteiger partial charge in [0.2, 0.25) is 13.4 Å². The number of rotatable bonds is 8. The third-order valence-electron chi connectivity index (χ3n) is 2.59. The molecule has 0 aromatic heterocycles. The molecule has 0 fully saturated rings. The first-order valence-corrected chi connectivity index (χ1v) is 19.4. The van der Waals surface area contributed by atoms with Crippen molar-refractivity contribution in [3.8, 4) is 0 Å². The molecular formula is C8H20Cl6N6P4. The van der Waals surface area contributed by atoms with Crippen LogP contribution in [0.15, 0.2) is 18.1 Å². The van der Waals surface area contributed by atoms with Crippen molar-refractivity contribution in [3.05, 3.63) is 0 Å². The van der Waals surface area contributed by atoms with Gasteiger partial charge in [0.15, 0.2) is 0 Å². The molecule has 1 aliphatic rings. The average molecular weight is 537 g/mol. The van der Waals surface area contributed by atoms with Gasteiger partial charge in [0.25, 0.3) is 11.8 Å². The number of nitrogens with zero attached hydrogens (tertiary/aromatic N) is 4. The molecule has 1 aliphatic heterocycles. The van der Waals surface area contributed by atoms with E-state index in [0.717, 1.165) is 25.7 Å². The topological polar surface area (TPSA) is 73.5 Å². The lowest BCUT2D eigenvalue weighted by molar-refractivity contribution is 0.770. The van der Waals surface area contributed by atoms with Gasteiger partial charge in [-0.3, -0.25) is 10.2 Å². The first kappa shape index (κ1) is 24.6. The summed E-state index contributed by atoms with van der Waals surface area (Å²) in [5, 5.41) is 6.09. The Hall–Kier alpha value is 2.58. The Kier molecular flexibility index (Phi) is 10.7. The lowest BCUT2D eigenvalue weighted by Crippen LogP contribution is -2.08. The molecule has 1 heterocycles. The van der Waals surface area contributed by atoms with Crippen molar-refractivity contribution in [1.82, 2.24) is 10.2 Å². The van der Waals surface area contributed by atoms with E-state index in [0.29, 0.717) is 13.1 Å². The molecule has 16 heteroatoms. The van der Waals surface area contributed by atoms with Gasteiger partial charge in [0.1, 0.15) is 0 Å². The molecule has 0 aliphatic carbocycles. The maximum atomic E-state index is 6.49. The fourth-order valence-electron chi connectivity index (χ4n) is 1.56. The molecule has 0 unspecified atom stereocenters. The average Bonchev–Trinajstić information content (AvgIpc) is 2.34. The van der Waals surface area contributed by atoms with E-state index in [4.69, 9.17) is 67.4 Å². The Labute approximate surface area is 172 Å². The van der Waals surface area contributed by atoms with Gasteiger partial charge >= 0.3 is 0 Å². The van der Waals surface area contributed by atoms with E-state index >= 15 is 0 Å². The zero-order valence-electron chi connectivity index (χ0n) is 13.1. The van der Waals surface area contributed by atoms with Crippen molar-refractivity contribution in [3.63, 3.8) is 0 Å². The Morgan fingerprint density at radius 1 is 0.625 bits per heavy atom. The van der Waals surface area contributed by atoms with Crippen molar-refractivity contribution in [2.24, 2.45) is 18.1 Å². The summed E-state index contributed by atoms with van der Waals surface area (Å²) in [7, 11) is 0. The second kappa shape index (κ2) is 10.4.